The molecule has 100 valence electrons. The van der Waals surface area contributed by atoms with Crippen LogP contribution in [-0.4, -0.2) is 43.2 Å². The van der Waals surface area contributed by atoms with Gasteiger partial charge in [0.1, 0.15) is 11.4 Å². The van der Waals surface area contributed by atoms with Gasteiger partial charge in [-0.1, -0.05) is 0 Å². The van der Waals surface area contributed by atoms with Gasteiger partial charge in [-0.3, -0.25) is 4.57 Å². The van der Waals surface area contributed by atoms with E-state index in [1.165, 1.54) is 23.8 Å². The van der Waals surface area contributed by atoms with Crippen molar-refractivity contribution in [2.45, 2.75) is 31.1 Å². The van der Waals surface area contributed by atoms with Crippen LogP contribution in [0, 0.1) is 5.92 Å². The number of aliphatic hydroxyl groups is 3. The van der Waals surface area contributed by atoms with Crippen LogP contribution in [0.3, 0.4) is 0 Å². The average Bonchev–Trinajstić information content (AvgIpc) is 2.52. The molecule has 1 aliphatic rings. The minimum atomic E-state index is -1.49. The third-order valence-electron chi connectivity index (χ3n) is 3.67. The Labute approximate surface area is 104 Å². The molecule has 0 aromatic carbocycles. The Morgan fingerprint density at radius 1 is 1.67 bits per heavy atom. The molecule has 5 N–H and O–H groups in total. The van der Waals surface area contributed by atoms with Crippen molar-refractivity contribution < 1.29 is 15.3 Å². The van der Waals surface area contributed by atoms with Crippen molar-refractivity contribution in [3.05, 3.63) is 22.7 Å². The molecule has 7 nitrogen and oxygen atoms in total. The van der Waals surface area contributed by atoms with Crippen molar-refractivity contribution in [1.29, 1.82) is 0 Å². The molecule has 1 heterocycles. The lowest BCUT2D eigenvalue weighted by atomic mass is 9.96. The lowest BCUT2D eigenvalue weighted by Crippen LogP contribution is -2.45. The molecule has 4 atom stereocenters. The highest BCUT2D eigenvalue weighted by molar-refractivity contribution is 5.24. The summed E-state index contributed by atoms with van der Waals surface area (Å²) in [5.74, 6) is -0.359. The molecule has 0 spiro atoms. The molecule has 0 aliphatic heterocycles. The second kappa shape index (κ2) is 4.34. The summed E-state index contributed by atoms with van der Waals surface area (Å²) < 4.78 is 1.25. The third kappa shape index (κ3) is 1.90. The first kappa shape index (κ1) is 13.0. The highest BCUT2D eigenvalue weighted by Crippen LogP contribution is 2.42. The second-order valence-corrected chi connectivity index (χ2v) is 4.91. The van der Waals surface area contributed by atoms with Crippen LogP contribution < -0.4 is 11.4 Å². The maximum atomic E-state index is 11.7. The van der Waals surface area contributed by atoms with E-state index in [2.05, 4.69) is 4.98 Å². The van der Waals surface area contributed by atoms with Crippen LogP contribution in [0.4, 0.5) is 5.82 Å². The largest absolute Gasteiger partial charge is 0.396 e. The fourth-order valence-corrected chi connectivity index (χ4v) is 2.56. The van der Waals surface area contributed by atoms with Crippen molar-refractivity contribution in [2.24, 2.45) is 5.92 Å². The predicted octanol–water partition coefficient (Wildman–Crippen LogP) is -1.51. The molecule has 0 amide bonds. The van der Waals surface area contributed by atoms with Crippen molar-refractivity contribution in [2.75, 3.05) is 12.3 Å². The van der Waals surface area contributed by atoms with Crippen LogP contribution in [0.1, 0.15) is 19.4 Å². The fraction of sp³-hybridized carbons (Fsp3) is 0.636. The van der Waals surface area contributed by atoms with E-state index in [0.717, 1.165) is 0 Å². The van der Waals surface area contributed by atoms with Gasteiger partial charge in [-0.25, -0.2) is 4.79 Å². The molecule has 1 aromatic rings. The Kier molecular flexibility index (Phi) is 3.14. The molecule has 1 fully saturated rings. The van der Waals surface area contributed by atoms with Gasteiger partial charge < -0.3 is 21.1 Å². The first-order valence-corrected chi connectivity index (χ1v) is 5.74. The Morgan fingerprint density at radius 3 is 2.83 bits per heavy atom. The molecular weight excluding hydrogens is 238 g/mol. The van der Waals surface area contributed by atoms with Gasteiger partial charge in [0.25, 0.3) is 0 Å². The van der Waals surface area contributed by atoms with Crippen molar-refractivity contribution >= 4 is 5.82 Å². The van der Waals surface area contributed by atoms with Gasteiger partial charge in [-0.2, -0.15) is 4.98 Å². The summed E-state index contributed by atoms with van der Waals surface area (Å²) in [5, 5.41) is 29.4. The topological polar surface area (TPSA) is 122 Å². The summed E-state index contributed by atoms with van der Waals surface area (Å²) in [6, 6.07) is 0.820. The number of nitrogens with two attached hydrogens (primary N) is 1. The van der Waals surface area contributed by atoms with Crippen molar-refractivity contribution in [3.63, 3.8) is 0 Å². The Bertz CT molecular complexity index is 499. The van der Waals surface area contributed by atoms with Gasteiger partial charge in [0.2, 0.25) is 0 Å². The molecule has 1 aromatic heterocycles. The monoisotopic (exact) mass is 255 g/mol. The van der Waals surface area contributed by atoms with Gasteiger partial charge in [-0.05, 0) is 19.4 Å². The summed E-state index contributed by atoms with van der Waals surface area (Å²) >= 11 is 0. The smallest absolute Gasteiger partial charge is 0.349 e. The highest BCUT2D eigenvalue weighted by atomic mass is 16.3. The highest BCUT2D eigenvalue weighted by Gasteiger charge is 2.51. The van der Waals surface area contributed by atoms with Gasteiger partial charge >= 0.3 is 5.69 Å². The van der Waals surface area contributed by atoms with Gasteiger partial charge in [0.15, 0.2) is 0 Å². The molecule has 0 unspecified atom stereocenters. The van der Waals surface area contributed by atoms with E-state index in [4.69, 9.17) is 10.8 Å². The van der Waals surface area contributed by atoms with Crippen LogP contribution in [0.25, 0.3) is 0 Å². The summed E-state index contributed by atoms with van der Waals surface area (Å²) in [7, 11) is 0. The van der Waals surface area contributed by atoms with E-state index in [0.29, 0.717) is 6.42 Å². The molecule has 7 heteroatoms. The second-order valence-electron chi connectivity index (χ2n) is 4.91. The normalized spacial score (nSPS) is 35.9. The minimum absolute atomic E-state index is 0.105. The minimum Gasteiger partial charge on any atom is -0.396 e. The molecular formula is C11H17N3O4. The first-order chi connectivity index (χ1) is 8.37. The molecule has 1 saturated carbocycles. The zero-order chi connectivity index (χ0) is 13.5. The van der Waals surface area contributed by atoms with Crippen LogP contribution in [0.5, 0.6) is 0 Å². The third-order valence-corrected chi connectivity index (χ3v) is 3.67. The van der Waals surface area contributed by atoms with Crippen molar-refractivity contribution in [3.8, 4) is 0 Å². The predicted molar refractivity (Wildman–Crippen MR) is 63.8 cm³/mol. The number of aromatic nitrogens is 2. The summed E-state index contributed by atoms with van der Waals surface area (Å²) in [6.45, 7) is 1.20. The quantitative estimate of drug-likeness (QED) is 0.510. The van der Waals surface area contributed by atoms with Gasteiger partial charge in [-0.15, -0.1) is 0 Å². The van der Waals surface area contributed by atoms with Gasteiger partial charge in [0, 0.05) is 18.7 Å². The summed E-state index contributed by atoms with van der Waals surface area (Å²) in [6.07, 6.45) is 0.656. The van der Waals surface area contributed by atoms with E-state index in [1.54, 1.807) is 0 Å². The van der Waals surface area contributed by atoms with E-state index in [1.807, 2.05) is 0 Å². The number of nitrogen functional groups attached to an aromatic ring is 1. The maximum absolute atomic E-state index is 11.7. The van der Waals surface area contributed by atoms with Crippen LogP contribution in [0.15, 0.2) is 17.1 Å². The zero-order valence-electron chi connectivity index (χ0n) is 10.0. The van der Waals surface area contributed by atoms with E-state index in [-0.39, 0.29) is 12.4 Å². The first-order valence-electron chi connectivity index (χ1n) is 5.74. The maximum Gasteiger partial charge on any atom is 0.349 e. The van der Waals surface area contributed by atoms with E-state index >= 15 is 0 Å². The number of hydrogen-bond donors (Lipinski definition) is 4. The summed E-state index contributed by atoms with van der Waals surface area (Å²) in [5.41, 5.74) is 3.33. The standard InChI is InChI=1S/C11H17N3O4/c1-11(18)7(4-6(5-15)9(11)16)14-3-2-8(12)13-10(14)17/h2-3,6-7,9,15-16,18H,4-5H2,1H3,(H2,12,13,17)/t6-,7-,9-,11+/m1/s1. The number of rotatable bonds is 2. The molecule has 1 aliphatic carbocycles. The van der Waals surface area contributed by atoms with E-state index in [9.17, 15) is 15.0 Å². The Balaban J connectivity index is 2.42. The lowest BCUT2D eigenvalue weighted by molar-refractivity contribution is -0.0788. The SMILES string of the molecule is C[C@@]1(O)[C@H](O)[C@@H](CO)C[C@H]1n1ccc(N)nc1=O. The number of nitrogens with zero attached hydrogens (tertiary/aromatic N) is 2. The zero-order valence-corrected chi connectivity index (χ0v) is 10.0. The van der Waals surface area contributed by atoms with Crippen molar-refractivity contribution in [1.82, 2.24) is 9.55 Å². The van der Waals surface area contributed by atoms with Gasteiger partial charge in [0.05, 0.1) is 12.1 Å². The summed E-state index contributed by atoms with van der Waals surface area (Å²) in [4.78, 5) is 15.3. The number of aliphatic hydroxyl groups excluding tert-OH is 2. The Morgan fingerprint density at radius 2 is 2.33 bits per heavy atom. The number of hydrogen-bond acceptors (Lipinski definition) is 6. The van der Waals surface area contributed by atoms with E-state index < -0.39 is 29.4 Å². The van der Waals surface area contributed by atoms with Crippen LogP contribution in [0.2, 0.25) is 0 Å². The molecule has 18 heavy (non-hydrogen) atoms. The molecule has 0 bridgehead atoms. The molecule has 2 rings (SSSR count). The van der Waals surface area contributed by atoms with Crippen LogP contribution >= 0.6 is 0 Å². The molecule has 0 saturated heterocycles. The lowest BCUT2D eigenvalue weighted by Gasteiger charge is -2.29. The van der Waals surface area contributed by atoms with Crippen LogP contribution in [-0.2, 0) is 0 Å². The average molecular weight is 255 g/mol. The number of anilines is 1. The Hall–Kier alpha value is -1.44. The molecule has 0 radical (unpaired) electrons. The fourth-order valence-electron chi connectivity index (χ4n) is 2.56.